The third-order valence-corrected chi connectivity index (χ3v) is 7.67. The minimum atomic E-state index is -4.00. The van der Waals surface area contributed by atoms with Gasteiger partial charge in [0.15, 0.2) is 11.7 Å². The predicted molar refractivity (Wildman–Crippen MR) is 99.0 cm³/mol. The zero-order valence-corrected chi connectivity index (χ0v) is 15.9. The van der Waals surface area contributed by atoms with Crippen LogP contribution in [0.1, 0.15) is 23.8 Å². The molecule has 1 aliphatic rings. The molecule has 2 atom stereocenters. The Kier molecular flexibility index (Phi) is 4.17. The minimum Gasteiger partial charge on any atom is -0.480 e. The van der Waals surface area contributed by atoms with Gasteiger partial charge in [0.2, 0.25) is 0 Å². The van der Waals surface area contributed by atoms with Crippen molar-refractivity contribution in [2.45, 2.75) is 29.0 Å². The second-order valence-electron chi connectivity index (χ2n) is 6.41. The van der Waals surface area contributed by atoms with Crippen molar-refractivity contribution in [1.29, 1.82) is 0 Å². The van der Waals surface area contributed by atoms with Crippen LogP contribution < -0.4 is 4.72 Å². The Bertz CT molecular complexity index is 1100. The number of aliphatic carboxylic acids is 1. The number of aromatic nitrogens is 1. The van der Waals surface area contributed by atoms with Crippen molar-refractivity contribution >= 4 is 27.3 Å². The molecule has 9 heteroatoms. The van der Waals surface area contributed by atoms with Gasteiger partial charge in [-0.2, -0.15) is 4.72 Å². The molecule has 0 saturated heterocycles. The van der Waals surface area contributed by atoms with E-state index in [0.29, 0.717) is 16.5 Å². The molecule has 7 nitrogen and oxygen atoms in total. The molecule has 0 aliphatic heterocycles. The summed E-state index contributed by atoms with van der Waals surface area (Å²) in [5, 5.41) is 9.68. The van der Waals surface area contributed by atoms with Crippen molar-refractivity contribution in [3.63, 3.8) is 0 Å². The van der Waals surface area contributed by atoms with E-state index in [0.717, 1.165) is 16.9 Å². The van der Waals surface area contributed by atoms with E-state index in [1.165, 1.54) is 12.3 Å². The van der Waals surface area contributed by atoms with Crippen LogP contribution in [0.5, 0.6) is 0 Å². The predicted octanol–water partition coefficient (Wildman–Crippen LogP) is 3.00. The van der Waals surface area contributed by atoms with Gasteiger partial charge >= 0.3 is 5.97 Å². The van der Waals surface area contributed by atoms with Gasteiger partial charge < -0.3 is 9.52 Å². The van der Waals surface area contributed by atoms with Crippen LogP contribution in [-0.2, 0) is 14.8 Å². The molecule has 0 spiro atoms. The number of hydrogen-bond acceptors (Lipinski definition) is 6. The summed E-state index contributed by atoms with van der Waals surface area (Å²) in [6.45, 7) is 1.70. The third kappa shape index (κ3) is 3.18. The first kappa shape index (κ1) is 17.9. The Morgan fingerprint density at radius 3 is 2.67 bits per heavy atom. The number of rotatable bonds is 6. The molecule has 1 aliphatic carbocycles. The molecule has 0 radical (unpaired) electrons. The van der Waals surface area contributed by atoms with Gasteiger partial charge in [0, 0.05) is 12.8 Å². The number of nitrogens with one attached hydrogen (secondary N) is 1. The van der Waals surface area contributed by atoms with Crippen molar-refractivity contribution in [3.05, 3.63) is 60.1 Å². The highest BCUT2D eigenvalue weighted by Gasteiger charge is 2.63. The number of carboxylic acid groups (broad SMARTS) is 1. The monoisotopic (exact) mass is 404 g/mol. The molecule has 4 rings (SSSR count). The van der Waals surface area contributed by atoms with Crippen LogP contribution in [0.4, 0.5) is 0 Å². The van der Waals surface area contributed by atoms with Gasteiger partial charge in [-0.05, 0) is 24.1 Å². The fourth-order valence-electron chi connectivity index (χ4n) is 3.11. The van der Waals surface area contributed by atoms with Crippen molar-refractivity contribution in [1.82, 2.24) is 9.71 Å². The lowest BCUT2D eigenvalue weighted by molar-refractivity contribution is -0.140. The van der Waals surface area contributed by atoms with E-state index < -0.39 is 27.4 Å². The SMILES string of the molecule is Cc1ncc(-c2ccc(S(=O)(=O)N[C@]3(C(=O)O)C[C@H]3c3ccccc3)s2)o1. The van der Waals surface area contributed by atoms with E-state index in [-0.39, 0.29) is 10.6 Å². The summed E-state index contributed by atoms with van der Waals surface area (Å²) in [7, 11) is -4.00. The average molecular weight is 404 g/mol. The summed E-state index contributed by atoms with van der Waals surface area (Å²) in [6.07, 6.45) is 1.74. The Balaban J connectivity index is 1.61. The van der Waals surface area contributed by atoms with Gasteiger partial charge in [0.1, 0.15) is 9.75 Å². The van der Waals surface area contributed by atoms with E-state index in [9.17, 15) is 18.3 Å². The largest absolute Gasteiger partial charge is 0.480 e. The number of aryl methyl sites for hydroxylation is 1. The first-order valence-electron chi connectivity index (χ1n) is 8.17. The van der Waals surface area contributed by atoms with E-state index in [2.05, 4.69) is 9.71 Å². The molecule has 0 bridgehead atoms. The molecule has 27 heavy (non-hydrogen) atoms. The molecule has 3 aromatic rings. The summed E-state index contributed by atoms with van der Waals surface area (Å²) in [5.74, 6) is -0.625. The van der Waals surface area contributed by atoms with E-state index in [1.807, 2.05) is 6.07 Å². The van der Waals surface area contributed by atoms with Crippen molar-refractivity contribution in [2.24, 2.45) is 0 Å². The molecule has 1 saturated carbocycles. The maximum Gasteiger partial charge on any atom is 0.325 e. The van der Waals surface area contributed by atoms with Gasteiger partial charge in [0.05, 0.1) is 11.1 Å². The van der Waals surface area contributed by atoms with Crippen molar-refractivity contribution in [3.8, 4) is 10.6 Å². The lowest BCUT2D eigenvalue weighted by Gasteiger charge is -2.14. The molecule has 0 unspecified atom stereocenters. The van der Waals surface area contributed by atoms with Crippen molar-refractivity contribution < 1.29 is 22.7 Å². The maximum absolute atomic E-state index is 12.8. The number of nitrogens with zero attached hydrogens (tertiary/aromatic N) is 1. The Morgan fingerprint density at radius 1 is 1.30 bits per heavy atom. The maximum atomic E-state index is 12.8. The summed E-state index contributed by atoms with van der Waals surface area (Å²) < 4.78 is 33.5. The van der Waals surface area contributed by atoms with Crippen molar-refractivity contribution in [2.75, 3.05) is 0 Å². The molecule has 140 valence electrons. The highest BCUT2D eigenvalue weighted by atomic mass is 32.2. The summed E-state index contributed by atoms with van der Waals surface area (Å²) in [4.78, 5) is 16.5. The molecular weight excluding hydrogens is 388 g/mol. The van der Waals surface area contributed by atoms with E-state index in [4.69, 9.17) is 4.42 Å². The Labute approximate surface area is 159 Å². The highest BCUT2D eigenvalue weighted by molar-refractivity contribution is 7.91. The van der Waals surface area contributed by atoms with Crippen LogP contribution in [0.25, 0.3) is 10.6 Å². The van der Waals surface area contributed by atoms with Gasteiger partial charge in [-0.25, -0.2) is 13.4 Å². The number of hydrogen-bond donors (Lipinski definition) is 2. The smallest absolute Gasteiger partial charge is 0.325 e. The minimum absolute atomic E-state index is 0.0332. The summed E-state index contributed by atoms with van der Waals surface area (Å²) >= 11 is 1.01. The third-order valence-electron chi connectivity index (χ3n) is 4.57. The quantitative estimate of drug-likeness (QED) is 0.654. The second-order valence-corrected chi connectivity index (χ2v) is 9.40. The molecule has 2 heterocycles. The first-order chi connectivity index (χ1) is 12.8. The standard InChI is InChI=1S/C18H16N2O5S2/c1-11-19-10-14(25-11)15-7-8-16(26-15)27(23,24)20-18(17(21)22)9-13(18)12-5-3-2-4-6-12/h2-8,10,13,20H,9H2,1H3,(H,21,22)/t13-,18+/m0/s1. The summed E-state index contributed by atoms with van der Waals surface area (Å²) in [6, 6.07) is 12.1. The lowest BCUT2D eigenvalue weighted by atomic mass is 10.1. The molecule has 1 fully saturated rings. The fourth-order valence-corrected chi connectivity index (χ4v) is 5.76. The summed E-state index contributed by atoms with van der Waals surface area (Å²) in [5.41, 5.74) is -0.723. The van der Waals surface area contributed by atoms with Crippen LogP contribution in [0.2, 0.25) is 0 Å². The van der Waals surface area contributed by atoms with E-state index in [1.54, 1.807) is 37.3 Å². The van der Waals surface area contributed by atoms with Crippen LogP contribution in [0.15, 0.2) is 57.3 Å². The number of benzene rings is 1. The number of thiophene rings is 1. The first-order valence-corrected chi connectivity index (χ1v) is 10.5. The normalized spacial score (nSPS) is 21.9. The number of carboxylic acids is 1. The number of oxazole rings is 1. The molecule has 0 amide bonds. The topological polar surface area (TPSA) is 110 Å². The molecule has 2 aromatic heterocycles. The van der Waals surface area contributed by atoms with Gasteiger partial charge in [-0.1, -0.05) is 30.3 Å². The average Bonchev–Trinajstić information content (AvgIpc) is 2.98. The zero-order valence-electron chi connectivity index (χ0n) is 14.2. The fraction of sp³-hybridized carbons (Fsp3) is 0.222. The van der Waals surface area contributed by atoms with Gasteiger partial charge in [-0.3, -0.25) is 4.79 Å². The van der Waals surface area contributed by atoms with Crippen LogP contribution in [-0.4, -0.2) is 30.0 Å². The molecular formula is C18H16N2O5S2. The van der Waals surface area contributed by atoms with Gasteiger partial charge in [0.25, 0.3) is 10.0 Å². The number of carbonyl (C=O) groups is 1. The van der Waals surface area contributed by atoms with Crippen LogP contribution in [0.3, 0.4) is 0 Å². The Hall–Kier alpha value is -2.49. The van der Waals surface area contributed by atoms with Crippen LogP contribution in [0, 0.1) is 6.92 Å². The molecule has 2 N–H and O–H groups in total. The zero-order chi connectivity index (χ0) is 19.2. The van der Waals surface area contributed by atoms with Gasteiger partial charge in [-0.15, -0.1) is 11.3 Å². The molecule has 1 aromatic carbocycles. The second kappa shape index (κ2) is 6.29. The van der Waals surface area contributed by atoms with E-state index >= 15 is 0 Å². The lowest BCUT2D eigenvalue weighted by Crippen LogP contribution is -2.44. The highest BCUT2D eigenvalue weighted by Crippen LogP contribution is 2.52. The van der Waals surface area contributed by atoms with Crippen LogP contribution >= 0.6 is 11.3 Å². The Morgan fingerprint density at radius 2 is 2.04 bits per heavy atom. The number of sulfonamides is 1.